The summed E-state index contributed by atoms with van der Waals surface area (Å²) in [5.74, 6) is 1.32. The molecule has 1 amide bonds. The number of rotatable bonds is 8. The van der Waals surface area contributed by atoms with Crippen LogP contribution < -0.4 is 4.74 Å². The molecule has 2 aliphatic rings. The Morgan fingerprint density at radius 3 is 2.67 bits per heavy atom. The summed E-state index contributed by atoms with van der Waals surface area (Å²) in [6.45, 7) is 4.98. The maximum atomic E-state index is 12.5. The van der Waals surface area contributed by atoms with Crippen molar-refractivity contribution in [1.82, 2.24) is 9.80 Å². The van der Waals surface area contributed by atoms with Crippen molar-refractivity contribution < 1.29 is 19.4 Å². The van der Waals surface area contributed by atoms with Gasteiger partial charge < -0.3 is 24.4 Å². The lowest BCUT2D eigenvalue weighted by Gasteiger charge is -2.34. The van der Waals surface area contributed by atoms with E-state index in [1.807, 2.05) is 29.2 Å². The number of β-amino-alcohol motifs (C(OH)–C–C–N with tert-alkyl or cyclic N) is 1. The molecule has 0 bridgehead atoms. The molecule has 3 rings (SSSR count). The van der Waals surface area contributed by atoms with Gasteiger partial charge in [-0.25, -0.2) is 0 Å². The van der Waals surface area contributed by atoms with E-state index >= 15 is 0 Å². The van der Waals surface area contributed by atoms with Gasteiger partial charge in [0.2, 0.25) is 5.91 Å². The van der Waals surface area contributed by atoms with Gasteiger partial charge in [0.1, 0.15) is 5.75 Å². The van der Waals surface area contributed by atoms with Crippen LogP contribution in [0.25, 0.3) is 0 Å². The van der Waals surface area contributed by atoms with Crippen molar-refractivity contribution in [1.29, 1.82) is 0 Å². The number of nitrogens with zero attached hydrogens (tertiary/aromatic N) is 2. The number of hydrogen-bond acceptors (Lipinski definition) is 5. The molecule has 0 spiro atoms. The predicted molar refractivity (Wildman–Crippen MR) is 104 cm³/mol. The van der Waals surface area contributed by atoms with Gasteiger partial charge in [0.15, 0.2) is 0 Å². The fourth-order valence-electron chi connectivity index (χ4n) is 3.98. The Balaban J connectivity index is 1.33. The molecule has 1 atom stereocenters. The normalized spacial score (nSPS) is 20.0. The molecule has 2 fully saturated rings. The fourth-order valence-corrected chi connectivity index (χ4v) is 3.98. The average Bonchev–Trinajstić information content (AvgIpc) is 3.23. The van der Waals surface area contributed by atoms with Gasteiger partial charge in [-0.05, 0) is 56.5 Å². The Morgan fingerprint density at radius 1 is 1.22 bits per heavy atom. The Bertz CT molecular complexity index is 596. The highest BCUT2D eigenvalue weighted by atomic mass is 16.5. The third kappa shape index (κ3) is 5.92. The summed E-state index contributed by atoms with van der Waals surface area (Å²) in [4.78, 5) is 16.8. The molecule has 0 aliphatic carbocycles. The van der Waals surface area contributed by atoms with Crippen LogP contribution in [0.1, 0.15) is 31.2 Å². The molecule has 6 heteroatoms. The van der Waals surface area contributed by atoms with Crippen LogP contribution in [0, 0.1) is 5.92 Å². The first-order valence-electron chi connectivity index (χ1n) is 10.1. The number of amides is 1. The number of benzene rings is 1. The van der Waals surface area contributed by atoms with Gasteiger partial charge in [-0.1, -0.05) is 12.1 Å². The molecule has 150 valence electrons. The predicted octanol–water partition coefficient (Wildman–Crippen LogP) is 1.91. The molecule has 2 heterocycles. The standard InChI is InChI=1S/C21H32N2O4/c1-26-20-6-4-5-17(13-20)15-27-16-19(24)14-22-11-7-18(8-12-22)21(25)23-9-2-3-10-23/h4-6,13,18-19,24H,2-3,7-12,14-16H2,1H3. The van der Waals surface area contributed by atoms with E-state index in [0.717, 1.165) is 63.2 Å². The van der Waals surface area contributed by atoms with Crippen molar-refractivity contribution in [3.63, 3.8) is 0 Å². The Hall–Kier alpha value is -1.63. The maximum absolute atomic E-state index is 12.5. The van der Waals surface area contributed by atoms with Crippen LogP contribution >= 0.6 is 0 Å². The number of aliphatic hydroxyl groups excluding tert-OH is 1. The zero-order valence-corrected chi connectivity index (χ0v) is 16.3. The second-order valence-electron chi connectivity index (χ2n) is 7.63. The summed E-state index contributed by atoms with van der Waals surface area (Å²) < 4.78 is 10.9. The molecule has 2 aliphatic heterocycles. The van der Waals surface area contributed by atoms with Crippen LogP contribution in [0.2, 0.25) is 0 Å². The van der Waals surface area contributed by atoms with E-state index in [-0.39, 0.29) is 5.92 Å². The van der Waals surface area contributed by atoms with Crippen LogP contribution in [-0.4, -0.2) is 73.4 Å². The molecule has 6 nitrogen and oxygen atoms in total. The minimum absolute atomic E-state index is 0.167. The molecule has 0 saturated carbocycles. The molecule has 1 aromatic carbocycles. The monoisotopic (exact) mass is 376 g/mol. The third-order valence-corrected chi connectivity index (χ3v) is 5.54. The number of piperidine rings is 1. The second-order valence-corrected chi connectivity index (χ2v) is 7.63. The zero-order valence-electron chi connectivity index (χ0n) is 16.3. The van der Waals surface area contributed by atoms with Crippen molar-refractivity contribution in [2.45, 2.75) is 38.4 Å². The quantitative estimate of drug-likeness (QED) is 0.751. The molecule has 1 unspecified atom stereocenters. The zero-order chi connectivity index (χ0) is 19.1. The number of likely N-dealkylation sites (tertiary alicyclic amines) is 2. The summed E-state index contributed by atoms with van der Waals surface area (Å²) in [5, 5.41) is 10.3. The van der Waals surface area contributed by atoms with Crippen LogP contribution in [0.3, 0.4) is 0 Å². The molecule has 1 aromatic rings. The topological polar surface area (TPSA) is 62.2 Å². The first-order valence-corrected chi connectivity index (χ1v) is 10.1. The summed E-state index contributed by atoms with van der Waals surface area (Å²) in [7, 11) is 1.64. The molecule has 2 saturated heterocycles. The second kappa shape index (κ2) is 10.1. The molecular formula is C21H32N2O4. The highest BCUT2D eigenvalue weighted by molar-refractivity contribution is 5.79. The third-order valence-electron chi connectivity index (χ3n) is 5.54. The van der Waals surface area contributed by atoms with E-state index in [4.69, 9.17) is 9.47 Å². The van der Waals surface area contributed by atoms with Gasteiger partial charge >= 0.3 is 0 Å². The lowest BCUT2D eigenvalue weighted by molar-refractivity contribution is -0.136. The smallest absolute Gasteiger partial charge is 0.225 e. The summed E-state index contributed by atoms with van der Waals surface area (Å²) in [5.41, 5.74) is 1.03. The Labute approximate surface area is 162 Å². The summed E-state index contributed by atoms with van der Waals surface area (Å²) >= 11 is 0. The van der Waals surface area contributed by atoms with Crippen LogP contribution in [-0.2, 0) is 16.1 Å². The lowest BCUT2D eigenvalue weighted by atomic mass is 9.95. The average molecular weight is 376 g/mol. The fraction of sp³-hybridized carbons (Fsp3) is 0.667. The van der Waals surface area contributed by atoms with Gasteiger partial charge in [0, 0.05) is 25.6 Å². The van der Waals surface area contributed by atoms with Crippen LogP contribution in [0.15, 0.2) is 24.3 Å². The van der Waals surface area contributed by atoms with Gasteiger partial charge in [-0.2, -0.15) is 0 Å². The van der Waals surface area contributed by atoms with Crippen LogP contribution in [0.4, 0.5) is 0 Å². The summed E-state index contributed by atoms with van der Waals surface area (Å²) in [6, 6.07) is 7.75. The number of carbonyl (C=O) groups excluding carboxylic acids is 1. The van der Waals surface area contributed by atoms with E-state index in [0.29, 0.717) is 25.7 Å². The first-order chi connectivity index (χ1) is 13.2. The van der Waals surface area contributed by atoms with E-state index in [2.05, 4.69) is 4.90 Å². The molecular weight excluding hydrogens is 344 g/mol. The number of methoxy groups -OCH3 is 1. The minimum atomic E-state index is -0.513. The van der Waals surface area contributed by atoms with Crippen molar-refractivity contribution in [3.05, 3.63) is 29.8 Å². The van der Waals surface area contributed by atoms with E-state index in [1.54, 1.807) is 7.11 Å². The first kappa shape index (κ1) is 20.1. The molecule has 1 N–H and O–H groups in total. The van der Waals surface area contributed by atoms with Gasteiger partial charge in [-0.3, -0.25) is 4.79 Å². The van der Waals surface area contributed by atoms with Gasteiger partial charge in [-0.15, -0.1) is 0 Å². The van der Waals surface area contributed by atoms with E-state index in [1.165, 1.54) is 0 Å². The Morgan fingerprint density at radius 2 is 1.96 bits per heavy atom. The number of ether oxygens (including phenoxy) is 2. The van der Waals surface area contributed by atoms with E-state index in [9.17, 15) is 9.90 Å². The van der Waals surface area contributed by atoms with Crippen molar-refractivity contribution in [2.24, 2.45) is 5.92 Å². The lowest BCUT2D eigenvalue weighted by Crippen LogP contribution is -2.44. The SMILES string of the molecule is COc1cccc(COCC(O)CN2CCC(C(=O)N3CCCC3)CC2)c1. The Kier molecular flexibility index (Phi) is 7.50. The van der Waals surface area contributed by atoms with Gasteiger partial charge in [0.05, 0.1) is 26.4 Å². The largest absolute Gasteiger partial charge is 0.497 e. The minimum Gasteiger partial charge on any atom is -0.497 e. The number of hydrogen-bond donors (Lipinski definition) is 1. The highest BCUT2D eigenvalue weighted by Gasteiger charge is 2.30. The molecule has 0 aromatic heterocycles. The van der Waals surface area contributed by atoms with Crippen molar-refractivity contribution in [3.8, 4) is 5.75 Å². The van der Waals surface area contributed by atoms with Crippen molar-refractivity contribution in [2.75, 3.05) is 46.4 Å². The summed E-state index contributed by atoms with van der Waals surface area (Å²) in [6.07, 6.45) is 3.57. The molecule has 0 radical (unpaired) electrons. The highest BCUT2D eigenvalue weighted by Crippen LogP contribution is 2.22. The van der Waals surface area contributed by atoms with Gasteiger partial charge in [0.25, 0.3) is 0 Å². The van der Waals surface area contributed by atoms with E-state index < -0.39 is 6.10 Å². The molecule has 27 heavy (non-hydrogen) atoms. The van der Waals surface area contributed by atoms with Crippen molar-refractivity contribution >= 4 is 5.91 Å². The number of carbonyl (C=O) groups is 1. The maximum Gasteiger partial charge on any atom is 0.225 e. The van der Waals surface area contributed by atoms with Crippen LogP contribution in [0.5, 0.6) is 5.75 Å². The number of aliphatic hydroxyl groups is 1.